The number of imidazole rings is 2. The molecule has 0 radical (unpaired) electrons. The zero-order chi connectivity index (χ0) is 28.0. The Kier molecular flexibility index (Phi) is 6.65. The molecule has 2 amide bonds. The first-order valence-electron chi connectivity index (χ1n) is 13.8. The molecular formula is C31H34N6O3. The van der Waals surface area contributed by atoms with Crippen molar-refractivity contribution in [3.63, 3.8) is 0 Å². The van der Waals surface area contributed by atoms with Crippen LogP contribution in [0.2, 0.25) is 0 Å². The molecule has 206 valence electrons. The maximum Gasteiger partial charge on any atom is 0.407 e. The van der Waals surface area contributed by atoms with E-state index >= 15 is 0 Å². The van der Waals surface area contributed by atoms with Crippen LogP contribution >= 0.6 is 0 Å². The second-order valence-electron chi connectivity index (χ2n) is 11.0. The summed E-state index contributed by atoms with van der Waals surface area (Å²) in [7, 11) is 1.30. The molecule has 9 nitrogen and oxygen atoms in total. The minimum atomic E-state index is -0.656. The van der Waals surface area contributed by atoms with Gasteiger partial charge in [0.25, 0.3) is 0 Å². The van der Waals surface area contributed by atoms with Crippen LogP contribution in [-0.2, 0) is 9.53 Å². The third kappa shape index (κ3) is 4.45. The highest BCUT2D eigenvalue weighted by Crippen LogP contribution is 2.47. The number of amides is 2. The SMILES string of the molecule is COC(=O)NC(C(=O)N1CCCC1c1ncc(-c2ccc3c(c2)C(C)c2cc(-c4cnc[nH]4)ccc2-3)[nH]1)C(C)C. The Hall–Kier alpha value is -4.40. The van der Waals surface area contributed by atoms with Crippen LogP contribution in [0, 0.1) is 5.92 Å². The van der Waals surface area contributed by atoms with Gasteiger partial charge in [0.2, 0.25) is 5.91 Å². The molecule has 2 aliphatic rings. The highest BCUT2D eigenvalue weighted by Gasteiger charge is 2.37. The number of hydrogen-bond donors (Lipinski definition) is 3. The van der Waals surface area contributed by atoms with Gasteiger partial charge in [0.15, 0.2) is 0 Å². The monoisotopic (exact) mass is 538 g/mol. The van der Waals surface area contributed by atoms with E-state index in [0.717, 1.165) is 41.2 Å². The highest BCUT2D eigenvalue weighted by molar-refractivity contribution is 5.86. The molecule has 40 heavy (non-hydrogen) atoms. The lowest BCUT2D eigenvalue weighted by Gasteiger charge is -2.30. The number of fused-ring (bicyclic) bond motifs is 3. The number of nitrogens with one attached hydrogen (secondary N) is 3. The molecule has 0 saturated carbocycles. The normalized spacial score (nSPS) is 18.5. The van der Waals surface area contributed by atoms with Crippen LogP contribution in [0.5, 0.6) is 0 Å². The molecular weight excluding hydrogens is 504 g/mol. The van der Waals surface area contributed by atoms with Crippen molar-refractivity contribution in [3.8, 4) is 33.6 Å². The number of aromatic nitrogens is 4. The van der Waals surface area contributed by atoms with Crippen LogP contribution < -0.4 is 5.32 Å². The summed E-state index contributed by atoms with van der Waals surface area (Å²) < 4.78 is 4.75. The zero-order valence-corrected chi connectivity index (χ0v) is 23.2. The largest absolute Gasteiger partial charge is 0.453 e. The van der Waals surface area contributed by atoms with E-state index in [0.29, 0.717) is 6.54 Å². The molecule has 3 heterocycles. The van der Waals surface area contributed by atoms with Crippen molar-refractivity contribution in [2.24, 2.45) is 5.92 Å². The first kappa shape index (κ1) is 25.9. The standard InChI is InChI=1S/C31H34N6O3/c1-17(2)28(36-31(39)40-4)30(38)37-11-5-6-27(37)29-33-15-26(35-29)20-8-10-22-21-9-7-19(25-14-32-16-34-25)12-23(21)18(3)24(22)13-20/h7-10,12-18,27-28H,5-6,11H2,1-4H3,(H,32,34)(H,33,35)(H,36,39). The number of likely N-dealkylation sites (tertiary alicyclic amines) is 1. The number of H-pyrrole nitrogens is 2. The first-order valence-corrected chi connectivity index (χ1v) is 13.8. The van der Waals surface area contributed by atoms with Crippen LogP contribution in [0.1, 0.15) is 62.5 Å². The van der Waals surface area contributed by atoms with E-state index in [1.807, 2.05) is 31.1 Å². The Morgan fingerprint density at radius 1 is 1.05 bits per heavy atom. The summed E-state index contributed by atoms with van der Waals surface area (Å²) in [6.07, 6.45) is 6.50. The van der Waals surface area contributed by atoms with E-state index in [4.69, 9.17) is 9.72 Å². The summed E-state index contributed by atoms with van der Waals surface area (Å²) in [6, 6.07) is 12.4. The van der Waals surface area contributed by atoms with Crippen molar-refractivity contribution in [1.82, 2.24) is 30.2 Å². The smallest absolute Gasteiger partial charge is 0.407 e. The molecule has 0 bridgehead atoms. The number of hydrogen-bond acceptors (Lipinski definition) is 5. The number of carbonyl (C=O) groups is 2. The number of alkyl carbamates (subject to hydrolysis) is 1. The third-order valence-electron chi connectivity index (χ3n) is 8.29. The summed E-state index contributed by atoms with van der Waals surface area (Å²) in [5.74, 6) is 0.837. The summed E-state index contributed by atoms with van der Waals surface area (Å²) in [5, 5.41) is 2.70. The molecule has 1 aliphatic heterocycles. The van der Waals surface area contributed by atoms with Crippen molar-refractivity contribution in [2.45, 2.75) is 51.6 Å². The van der Waals surface area contributed by atoms with Crippen LogP contribution in [-0.4, -0.2) is 56.5 Å². The lowest BCUT2D eigenvalue weighted by atomic mass is 9.96. The average molecular weight is 539 g/mol. The molecule has 2 aromatic heterocycles. The predicted molar refractivity (Wildman–Crippen MR) is 152 cm³/mol. The highest BCUT2D eigenvalue weighted by atomic mass is 16.5. The van der Waals surface area contributed by atoms with Crippen molar-refractivity contribution in [3.05, 3.63) is 72.1 Å². The molecule has 9 heteroatoms. The van der Waals surface area contributed by atoms with Gasteiger partial charge in [-0.25, -0.2) is 14.8 Å². The second-order valence-corrected chi connectivity index (χ2v) is 11.0. The van der Waals surface area contributed by atoms with Crippen LogP contribution in [0.4, 0.5) is 4.79 Å². The molecule has 4 aromatic rings. The summed E-state index contributed by atoms with van der Waals surface area (Å²) >= 11 is 0. The van der Waals surface area contributed by atoms with Gasteiger partial charge >= 0.3 is 6.09 Å². The van der Waals surface area contributed by atoms with Gasteiger partial charge in [-0.2, -0.15) is 0 Å². The maximum atomic E-state index is 13.5. The quantitative estimate of drug-likeness (QED) is 0.294. The van der Waals surface area contributed by atoms with Gasteiger partial charge in [0.1, 0.15) is 11.9 Å². The molecule has 1 fully saturated rings. The van der Waals surface area contributed by atoms with Gasteiger partial charge in [-0.3, -0.25) is 4.79 Å². The number of methoxy groups -OCH3 is 1. The van der Waals surface area contributed by atoms with Gasteiger partial charge in [0, 0.05) is 12.5 Å². The predicted octanol–water partition coefficient (Wildman–Crippen LogP) is 5.64. The lowest BCUT2D eigenvalue weighted by molar-refractivity contribution is -0.135. The number of aromatic amines is 2. The fraction of sp³-hybridized carbons (Fsp3) is 0.355. The summed E-state index contributed by atoms with van der Waals surface area (Å²) in [6.45, 7) is 6.71. The zero-order valence-electron chi connectivity index (χ0n) is 23.2. The molecule has 0 spiro atoms. The Morgan fingerprint density at radius 2 is 1.75 bits per heavy atom. The first-order chi connectivity index (χ1) is 19.4. The molecule has 3 atom stereocenters. The number of carbonyl (C=O) groups excluding carboxylic acids is 2. The molecule has 3 N–H and O–H groups in total. The molecule has 6 rings (SSSR count). The van der Waals surface area contributed by atoms with Crippen molar-refractivity contribution >= 4 is 12.0 Å². The maximum absolute atomic E-state index is 13.5. The summed E-state index contributed by atoms with van der Waals surface area (Å²) in [4.78, 5) is 42.8. The number of rotatable bonds is 6. The molecule has 1 aliphatic carbocycles. The Balaban J connectivity index is 1.24. The molecule has 1 saturated heterocycles. The van der Waals surface area contributed by atoms with Crippen molar-refractivity contribution < 1.29 is 14.3 Å². The van der Waals surface area contributed by atoms with Gasteiger partial charge < -0.3 is 24.9 Å². The van der Waals surface area contributed by atoms with Crippen molar-refractivity contribution in [2.75, 3.05) is 13.7 Å². The number of ether oxygens (including phenoxy) is 1. The van der Waals surface area contributed by atoms with Gasteiger partial charge in [-0.1, -0.05) is 45.0 Å². The van der Waals surface area contributed by atoms with Gasteiger partial charge in [-0.15, -0.1) is 0 Å². The van der Waals surface area contributed by atoms with Crippen LogP contribution in [0.15, 0.2) is 55.1 Å². The fourth-order valence-corrected chi connectivity index (χ4v) is 6.09. The Morgan fingerprint density at radius 3 is 2.38 bits per heavy atom. The van der Waals surface area contributed by atoms with E-state index in [1.54, 1.807) is 6.33 Å². The lowest BCUT2D eigenvalue weighted by Crippen LogP contribution is -2.51. The minimum absolute atomic E-state index is 0.0758. The number of nitrogens with zero attached hydrogens (tertiary/aromatic N) is 3. The topological polar surface area (TPSA) is 116 Å². The van der Waals surface area contributed by atoms with E-state index in [1.165, 1.54) is 29.4 Å². The van der Waals surface area contributed by atoms with Gasteiger partial charge in [0.05, 0.1) is 43.3 Å². The summed E-state index contributed by atoms with van der Waals surface area (Å²) in [5.41, 5.74) is 9.25. The van der Waals surface area contributed by atoms with Crippen LogP contribution in [0.25, 0.3) is 33.6 Å². The van der Waals surface area contributed by atoms with E-state index in [-0.39, 0.29) is 23.8 Å². The van der Waals surface area contributed by atoms with Crippen LogP contribution in [0.3, 0.4) is 0 Å². The van der Waals surface area contributed by atoms with E-state index in [9.17, 15) is 9.59 Å². The van der Waals surface area contributed by atoms with Gasteiger partial charge in [-0.05, 0) is 64.3 Å². The second kappa shape index (κ2) is 10.3. The average Bonchev–Trinajstić information content (AvgIpc) is 3.77. The van der Waals surface area contributed by atoms with E-state index in [2.05, 4.69) is 63.6 Å². The molecule has 2 aromatic carbocycles. The minimum Gasteiger partial charge on any atom is -0.453 e. The number of benzene rings is 2. The van der Waals surface area contributed by atoms with Crippen molar-refractivity contribution in [1.29, 1.82) is 0 Å². The van der Waals surface area contributed by atoms with E-state index < -0.39 is 12.1 Å². The Bertz CT molecular complexity index is 1560. The molecule has 3 unspecified atom stereocenters. The fourth-order valence-electron chi connectivity index (χ4n) is 6.09. The Labute approximate surface area is 233 Å². The third-order valence-corrected chi connectivity index (χ3v) is 8.29.